The maximum atomic E-state index is 2.67. The van der Waals surface area contributed by atoms with Crippen molar-refractivity contribution in [2.75, 3.05) is 13.1 Å². The van der Waals surface area contributed by atoms with Gasteiger partial charge in [-0.3, -0.25) is 4.90 Å². The normalized spacial score (nSPS) is 23.8. The average molecular weight is 213 g/mol. The molecule has 0 bridgehead atoms. The first kappa shape index (κ1) is 12.2. The van der Waals surface area contributed by atoms with Crippen molar-refractivity contribution >= 4 is 8.07 Å². The minimum Gasteiger partial charge on any atom is -0.299 e. The lowest BCUT2D eigenvalue weighted by Gasteiger charge is -2.45. The number of rotatable bonds is 2. The molecule has 0 aliphatic carbocycles. The van der Waals surface area contributed by atoms with E-state index in [4.69, 9.17) is 0 Å². The second-order valence-corrected chi connectivity index (χ2v) is 11.3. The van der Waals surface area contributed by atoms with Crippen LogP contribution >= 0.6 is 0 Å². The summed E-state index contributed by atoms with van der Waals surface area (Å²) in [7, 11) is -0.793. The molecule has 0 aromatic rings. The third kappa shape index (κ3) is 2.60. The highest BCUT2D eigenvalue weighted by molar-refractivity contribution is 6.80. The van der Waals surface area contributed by atoms with Gasteiger partial charge in [0, 0.05) is 5.54 Å². The molecule has 0 radical (unpaired) electrons. The fraction of sp³-hybridized carbons (Fsp3) is 1.00. The fourth-order valence-corrected chi connectivity index (χ4v) is 6.26. The van der Waals surface area contributed by atoms with E-state index in [9.17, 15) is 0 Å². The van der Waals surface area contributed by atoms with Crippen molar-refractivity contribution in [2.24, 2.45) is 0 Å². The van der Waals surface area contributed by atoms with Gasteiger partial charge >= 0.3 is 0 Å². The van der Waals surface area contributed by atoms with Crippen LogP contribution in [0.3, 0.4) is 0 Å². The van der Waals surface area contributed by atoms with Gasteiger partial charge in [-0.05, 0) is 45.9 Å². The zero-order valence-corrected chi connectivity index (χ0v) is 11.7. The van der Waals surface area contributed by atoms with Crippen LogP contribution in [0.15, 0.2) is 0 Å². The molecule has 0 unspecified atom stereocenters. The summed E-state index contributed by atoms with van der Waals surface area (Å²) in [6, 6.07) is 6.08. The monoisotopic (exact) mass is 213 g/mol. The van der Waals surface area contributed by atoms with Gasteiger partial charge in [0.2, 0.25) is 0 Å². The maximum absolute atomic E-state index is 2.67. The number of hydrogen-bond acceptors (Lipinski definition) is 1. The van der Waals surface area contributed by atoms with Crippen molar-refractivity contribution < 1.29 is 0 Å². The Morgan fingerprint density at radius 1 is 1.00 bits per heavy atom. The Balaban J connectivity index is 2.53. The first-order chi connectivity index (χ1) is 6.43. The molecule has 1 rings (SSSR count). The summed E-state index contributed by atoms with van der Waals surface area (Å²) < 4.78 is 0. The van der Waals surface area contributed by atoms with Gasteiger partial charge in [-0.1, -0.05) is 25.9 Å². The van der Waals surface area contributed by atoms with Gasteiger partial charge in [0.05, 0.1) is 8.07 Å². The van der Waals surface area contributed by atoms with Gasteiger partial charge in [0.25, 0.3) is 0 Å². The second-order valence-electron chi connectivity index (χ2n) is 5.86. The SMILES string of the molecule is CC[Si]1(CC)CCN(C(C)(C)C)CC1. The Kier molecular flexibility index (Phi) is 3.81. The number of nitrogens with zero attached hydrogens (tertiary/aromatic N) is 1. The molecule has 2 heteroatoms. The van der Waals surface area contributed by atoms with Crippen molar-refractivity contribution in [3.63, 3.8) is 0 Å². The van der Waals surface area contributed by atoms with Gasteiger partial charge in [0.15, 0.2) is 0 Å². The molecular weight excluding hydrogens is 186 g/mol. The van der Waals surface area contributed by atoms with Crippen LogP contribution in [0.2, 0.25) is 24.2 Å². The first-order valence-corrected chi connectivity index (χ1v) is 9.01. The minimum absolute atomic E-state index is 0.391. The molecule has 0 amide bonds. The quantitative estimate of drug-likeness (QED) is 0.634. The van der Waals surface area contributed by atoms with Crippen LogP contribution in [-0.2, 0) is 0 Å². The average Bonchev–Trinajstić information content (AvgIpc) is 2.16. The summed E-state index contributed by atoms with van der Waals surface area (Å²) in [6.07, 6.45) is 0. The molecule has 0 saturated carbocycles. The standard InChI is InChI=1S/C12H27NSi/c1-6-14(7-2)10-8-13(9-11-14)12(3,4)5/h6-11H2,1-5H3. The molecule has 1 fully saturated rings. The van der Waals surface area contributed by atoms with Crippen LogP contribution < -0.4 is 0 Å². The molecule has 0 aromatic carbocycles. The molecule has 1 nitrogen and oxygen atoms in total. The maximum Gasteiger partial charge on any atom is 0.0555 e. The van der Waals surface area contributed by atoms with E-state index in [2.05, 4.69) is 39.5 Å². The summed E-state index contributed by atoms with van der Waals surface area (Å²) in [6.45, 7) is 14.6. The summed E-state index contributed by atoms with van der Waals surface area (Å²) >= 11 is 0. The van der Waals surface area contributed by atoms with Crippen LogP contribution in [0, 0.1) is 0 Å². The minimum atomic E-state index is -0.793. The van der Waals surface area contributed by atoms with Crippen LogP contribution in [0.1, 0.15) is 34.6 Å². The van der Waals surface area contributed by atoms with Crippen LogP contribution in [0.25, 0.3) is 0 Å². The molecule has 84 valence electrons. The highest BCUT2D eigenvalue weighted by atomic mass is 28.3. The van der Waals surface area contributed by atoms with E-state index in [1.807, 2.05) is 0 Å². The molecule has 1 saturated heterocycles. The molecular formula is C12H27NSi. The smallest absolute Gasteiger partial charge is 0.0555 e. The van der Waals surface area contributed by atoms with E-state index in [1.165, 1.54) is 37.3 Å². The van der Waals surface area contributed by atoms with E-state index < -0.39 is 8.07 Å². The van der Waals surface area contributed by atoms with Crippen LogP contribution in [0.5, 0.6) is 0 Å². The largest absolute Gasteiger partial charge is 0.299 e. The Morgan fingerprint density at radius 2 is 1.43 bits per heavy atom. The summed E-state index contributed by atoms with van der Waals surface area (Å²) in [5, 5.41) is 0. The van der Waals surface area contributed by atoms with Crippen LogP contribution in [-0.4, -0.2) is 31.6 Å². The van der Waals surface area contributed by atoms with Gasteiger partial charge in [-0.2, -0.15) is 0 Å². The lowest BCUT2D eigenvalue weighted by molar-refractivity contribution is 0.145. The summed E-state index contributed by atoms with van der Waals surface area (Å²) in [5.74, 6) is 0. The van der Waals surface area contributed by atoms with E-state index >= 15 is 0 Å². The molecule has 0 atom stereocenters. The fourth-order valence-electron chi connectivity index (χ4n) is 2.61. The van der Waals surface area contributed by atoms with E-state index in [0.29, 0.717) is 5.54 Å². The van der Waals surface area contributed by atoms with Crippen molar-refractivity contribution in [2.45, 2.75) is 64.3 Å². The van der Waals surface area contributed by atoms with Crippen molar-refractivity contribution in [1.29, 1.82) is 0 Å². The van der Waals surface area contributed by atoms with E-state index in [-0.39, 0.29) is 0 Å². The Bertz CT molecular complexity index is 169. The van der Waals surface area contributed by atoms with Crippen LogP contribution in [0.4, 0.5) is 0 Å². The third-order valence-electron chi connectivity index (χ3n) is 4.27. The highest BCUT2D eigenvalue weighted by Gasteiger charge is 2.36. The molecule has 14 heavy (non-hydrogen) atoms. The van der Waals surface area contributed by atoms with Crippen molar-refractivity contribution in [1.82, 2.24) is 4.90 Å². The highest BCUT2D eigenvalue weighted by Crippen LogP contribution is 2.32. The predicted molar refractivity (Wildman–Crippen MR) is 67.7 cm³/mol. The van der Waals surface area contributed by atoms with Gasteiger partial charge in [0.1, 0.15) is 0 Å². The summed E-state index contributed by atoms with van der Waals surface area (Å²) in [4.78, 5) is 2.67. The van der Waals surface area contributed by atoms with Crippen molar-refractivity contribution in [3.05, 3.63) is 0 Å². The Morgan fingerprint density at radius 3 is 1.71 bits per heavy atom. The van der Waals surface area contributed by atoms with E-state index in [0.717, 1.165) is 0 Å². The molecule has 0 aromatic heterocycles. The predicted octanol–water partition coefficient (Wildman–Crippen LogP) is 3.59. The molecule has 0 N–H and O–H groups in total. The Hall–Kier alpha value is 0.177. The summed E-state index contributed by atoms with van der Waals surface area (Å²) in [5.41, 5.74) is 0.391. The Labute approximate surface area is 90.9 Å². The van der Waals surface area contributed by atoms with E-state index in [1.54, 1.807) is 0 Å². The first-order valence-electron chi connectivity index (χ1n) is 6.18. The van der Waals surface area contributed by atoms with Gasteiger partial charge in [-0.15, -0.1) is 0 Å². The topological polar surface area (TPSA) is 3.24 Å². The molecule has 1 aliphatic heterocycles. The lowest BCUT2D eigenvalue weighted by Crippen LogP contribution is -2.52. The zero-order chi connectivity index (χ0) is 10.8. The third-order valence-corrected chi connectivity index (χ3v) is 9.84. The second kappa shape index (κ2) is 4.36. The molecule has 0 spiro atoms. The zero-order valence-electron chi connectivity index (χ0n) is 10.7. The molecule has 1 aliphatic rings. The molecule has 1 heterocycles. The van der Waals surface area contributed by atoms with Gasteiger partial charge < -0.3 is 0 Å². The number of hydrogen-bond donors (Lipinski definition) is 0. The van der Waals surface area contributed by atoms with Crippen molar-refractivity contribution in [3.8, 4) is 0 Å². The van der Waals surface area contributed by atoms with Gasteiger partial charge in [-0.25, -0.2) is 0 Å². The lowest BCUT2D eigenvalue weighted by atomic mass is 10.1.